The number of hydrogen-bond acceptors (Lipinski definition) is 2. The molecule has 0 aliphatic heterocycles. The molecule has 0 unspecified atom stereocenters. The van der Waals surface area contributed by atoms with Gasteiger partial charge in [-0.15, -0.1) is 0 Å². The Morgan fingerprint density at radius 1 is 0.913 bits per heavy atom. The van der Waals surface area contributed by atoms with Crippen LogP contribution < -0.4 is 10.4 Å². The molecule has 2 nitrogen and oxygen atoms in total. The lowest BCUT2D eigenvalue weighted by atomic mass is 10.2. The lowest BCUT2D eigenvalue weighted by molar-refractivity contribution is -0.104. The Morgan fingerprint density at radius 2 is 1.39 bits per heavy atom. The molecule has 3 heteroatoms. The van der Waals surface area contributed by atoms with Crippen molar-refractivity contribution < 1.29 is 9.22 Å². The van der Waals surface area contributed by atoms with Crippen molar-refractivity contribution in [3.05, 3.63) is 72.8 Å². The fraction of sp³-hybridized carbons (Fsp3) is 0.250. The summed E-state index contributed by atoms with van der Waals surface area (Å²) in [5.41, 5.74) is 0. The van der Waals surface area contributed by atoms with Crippen LogP contribution in [0.15, 0.2) is 72.8 Å². The van der Waals surface area contributed by atoms with Crippen molar-refractivity contribution in [1.82, 2.24) is 0 Å². The van der Waals surface area contributed by atoms with Crippen molar-refractivity contribution in [2.24, 2.45) is 0 Å². The van der Waals surface area contributed by atoms with E-state index in [2.05, 4.69) is 69.3 Å². The fourth-order valence-electron chi connectivity index (χ4n) is 3.05. The van der Waals surface area contributed by atoms with Gasteiger partial charge in [0, 0.05) is 0 Å². The van der Waals surface area contributed by atoms with Gasteiger partial charge in [0.05, 0.1) is 6.61 Å². The predicted octanol–water partition coefficient (Wildman–Crippen LogP) is 3.32. The third-order valence-electron chi connectivity index (χ3n) is 4.03. The topological polar surface area (TPSA) is 26.3 Å². The molecule has 0 fully saturated rings. The average Bonchev–Trinajstić information content (AvgIpc) is 2.55. The summed E-state index contributed by atoms with van der Waals surface area (Å²) in [7, 11) is -2.47. The number of rotatable bonds is 6. The van der Waals surface area contributed by atoms with Gasteiger partial charge < -0.3 is 4.43 Å². The molecule has 0 saturated carbocycles. The summed E-state index contributed by atoms with van der Waals surface area (Å²) in [6, 6.07) is 21.0. The van der Waals surface area contributed by atoms with Gasteiger partial charge >= 0.3 is 0 Å². The maximum Gasteiger partial charge on any atom is 0.261 e. The van der Waals surface area contributed by atoms with Gasteiger partial charge in [0.2, 0.25) is 0 Å². The quantitative estimate of drug-likeness (QED) is 0.463. The van der Waals surface area contributed by atoms with Crippen LogP contribution in [0.4, 0.5) is 0 Å². The molecule has 0 aliphatic rings. The lowest BCUT2D eigenvalue weighted by Crippen LogP contribution is -2.66. The molecule has 0 heterocycles. The summed E-state index contributed by atoms with van der Waals surface area (Å²) in [5.74, 6) is 0. The second-order valence-corrected chi connectivity index (χ2v) is 10.8. The van der Waals surface area contributed by atoms with Crippen molar-refractivity contribution in [3.8, 4) is 0 Å². The minimum Gasteiger partial charge on any atom is -0.404 e. The maximum atomic E-state index is 10.5. The van der Waals surface area contributed by atoms with Gasteiger partial charge in [-0.05, 0) is 21.5 Å². The molecule has 23 heavy (non-hydrogen) atoms. The van der Waals surface area contributed by atoms with Crippen LogP contribution in [0.1, 0.15) is 20.8 Å². The first-order valence-corrected chi connectivity index (χ1v) is 9.78. The zero-order chi connectivity index (χ0) is 16.8. The van der Waals surface area contributed by atoms with Gasteiger partial charge in [0.15, 0.2) is 0 Å². The Hall–Kier alpha value is -1.97. The van der Waals surface area contributed by atoms with Gasteiger partial charge in [-0.2, -0.15) is 0 Å². The summed E-state index contributed by atoms with van der Waals surface area (Å²) < 4.78 is 6.56. The number of carbonyl (C=O) groups excluding carboxylic acids is 1. The standard InChI is InChI=1S/C20H24O2Si/c1-20(2,3)23(22-17-11-10-16-21,18-12-6-4-7-13-18)19-14-8-5-9-15-19/h4-16H,17H2,1-3H3/b11-10-. The van der Waals surface area contributed by atoms with Gasteiger partial charge in [-0.1, -0.05) is 87.5 Å². The van der Waals surface area contributed by atoms with E-state index < -0.39 is 8.32 Å². The number of benzene rings is 2. The van der Waals surface area contributed by atoms with E-state index in [1.54, 1.807) is 6.08 Å². The Morgan fingerprint density at radius 3 is 1.78 bits per heavy atom. The Kier molecular flexibility index (Phi) is 5.69. The largest absolute Gasteiger partial charge is 0.404 e. The van der Waals surface area contributed by atoms with Crippen molar-refractivity contribution in [1.29, 1.82) is 0 Å². The average molecular weight is 324 g/mol. The Bertz CT molecular complexity index is 603. The van der Waals surface area contributed by atoms with Crippen molar-refractivity contribution in [3.63, 3.8) is 0 Å². The van der Waals surface area contributed by atoms with E-state index in [9.17, 15) is 4.79 Å². The molecule has 120 valence electrons. The molecule has 0 bridgehead atoms. The fourth-order valence-corrected chi connectivity index (χ4v) is 7.55. The molecule has 0 atom stereocenters. The van der Waals surface area contributed by atoms with E-state index in [4.69, 9.17) is 4.43 Å². The van der Waals surface area contributed by atoms with Crippen LogP contribution in [0.2, 0.25) is 5.04 Å². The normalized spacial score (nSPS) is 12.5. The molecule has 0 saturated heterocycles. The van der Waals surface area contributed by atoms with Gasteiger partial charge in [0.1, 0.15) is 6.29 Å². The molecular weight excluding hydrogens is 300 g/mol. The minimum absolute atomic E-state index is 0.0370. The monoisotopic (exact) mass is 324 g/mol. The first-order chi connectivity index (χ1) is 11.0. The molecule has 0 spiro atoms. The van der Waals surface area contributed by atoms with Gasteiger partial charge in [-0.3, -0.25) is 4.79 Å². The van der Waals surface area contributed by atoms with Crippen LogP contribution in [-0.4, -0.2) is 21.2 Å². The third kappa shape index (κ3) is 3.68. The number of carbonyl (C=O) groups is 1. The molecule has 0 N–H and O–H groups in total. The highest BCUT2D eigenvalue weighted by atomic mass is 28.4. The first kappa shape index (κ1) is 17.4. The van der Waals surface area contributed by atoms with Crippen LogP contribution >= 0.6 is 0 Å². The van der Waals surface area contributed by atoms with Gasteiger partial charge in [0.25, 0.3) is 8.32 Å². The van der Waals surface area contributed by atoms with Gasteiger partial charge in [-0.25, -0.2) is 0 Å². The molecule has 0 aromatic heterocycles. The van der Waals surface area contributed by atoms with Crippen LogP contribution in [0.25, 0.3) is 0 Å². The molecule has 0 amide bonds. The molecule has 2 rings (SSSR count). The number of hydrogen-bond donors (Lipinski definition) is 0. The van der Waals surface area contributed by atoms with E-state index in [1.165, 1.54) is 16.4 Å². The summed E-state index contributed by atoms with van der Waals surface area (Å²) in [4.78, 5) is 10.5. The van der Waals surface area contributed by atoms with Crippen LogP contribution in [-0.2, 0) is 9.22 Å². The molecule has 2 aromatic carbocycles. The van der Waals surface area contributed by atoms with Crippen LogP contribution in [0.5, 0.6) is 0 Å². The Balaban J connectivity index is 2.59. The zero-order valence-corrected chi connectivity index (χ0v) is 15.0. The summed E-state index contributed by atoms with van der Waals surface area (Å²) in [6.45, 7) is 7.15. The summed E-state index contributed by atoms with van der Waals surface area (Å²) in [6.07, 6.45) is 4.07. The SMILES string of the molecule is CC(C)(C)[Si](OC/C=C\C=O)(c1ccccc1)c1ccccc1. The molecular formula is C20H24O2Si. The van der Waals surface area contributed by atoms with E-state index in [0.717, 1.165) is 6.29 Å². The minimum atomic E-state index is -2.47. The summed E-state index contributed by atoms with van der Waals surface area (Å²) >= 11 is 0. The third-order valence-corrected chi connectivity index (χ3v) is 9.03. The molecule has 0 radical (unpaired) electrons. The lowest BCUT2D eigenvalue weighted by Gasteiger charge is -2.42. The van der Waals surface area contributed by atoms with Crippen molar-refractivity contribution in [2.75, 3.05) is 6.61 Å². The number of allylic oxidation sites excluding steroid dienone is 1. The van der Waals surface area contributed by atoms with Crippen molar-refractivity contribution in [2.45, 2.75) is 25.8 Å². The highest BCUT2D eigenvalue weighted by molar-refractivity contribution is 6.99. The zero-order valence-electron chi connectivity index (χ0n) is 14.0. The maximum absolute atomic E-state index is 10.5. The van der Waals surface area contributed by atoms with E-state index >= 15 is 0 Å². The second-order valence-electron chi connectivity index (χ2n) is 6.54. The molecule has 2 aromatic rings. The smallest absolute Gasteiger partial charge is 0.261 e. The number of aldehydes is 1. The predicted molar refractivity (Wildman–Crippen MR) is 98.8 cm³/mol. The highest BCUT2D eigenvalue weighted by Crippen LogP contribution is 2.36. The molecule has 0 aliphatic carbocycles. The van der Waals surface area contributed by atoms with E-state index in [-0.39, 0.29) is 5.04 Å². The second kappa shape index (κ2) is 7.53. The first-order valence-electron chi connectivity index (χ1n) is 7.87. The highest BCUT2D eigenvalue weighted by Gasteiger charge is 2.49. The van der Waals surface area contributed by atoms with Crippen molar-refractivity contribution >= 4 is 25.0 Å². The van der Waals surface area contributed by atoms with E-state index in [1.807, 2.05) is 12.1 Å². The van der Waals surface area contributed by atoms with Crippen LogP contribution in [0.3, 0.4) is 0 Å². The Labute approximate surface area is 139 Å². The summed E-state index contributed by atoms with van der Waals surface area (Å²) in [5, 5.41) is 2.46. The van der Waals surface area contributed by atoms with E-state index in [0.29, 0.717) is 6.61 Å². The van der Waals surface area contributed by atoms with Crippen LogP contribution in [0, 0.1) is 0 Å².